The SMILES string of the molecule is O=C(COc1c(Br)cccc1C(=O)O)NC1CCCCC1. The van der Waals surface area contributed by atoms with E-state index in [2.05, 4.69) is 21.2 Å². The maximum absolute atomic E-state index is 11.9. The monoisotopic (exact) mass is 355 g/mol. The number of hydrogen-bond donors (Lipinski definition) is 2. The van der Waals surface area contributed by atoms with Gasteiger partial charge in [0, 0.05) is 6.04 Å². The fraction of sp³-hybridized carbons (Fsp3) is 0.467. The topological polar surface area (TPSA) is 75.6 Å². The quantitative estimate of drug-likeness (QED) is 0.851. The zero-order chi connectivity index (χ0) is 15.2. The molecule has 1 aromatic carbocycles. The molecule has 2 rings (SSSR count). The lowest BCUT2D eigenvalue weighted by atomic mass is 9.95. The van der Waals surface area contributed by atoms with E-state index in [0.717, 1.165) is 25.7 Å². The van der Waals surface area contributed by atoms with E-state index in [1.165, 1.54) is 12.5 Å². The number of benzene rings is 1. The first-order chi connectivity index (χ1) is 10.1. The molecule has 0 aromatic heterocycles. The maximum atomic E-state index is 11.9. The zero-order valence-electron chi connectivity index (χ0n) is 11.6. The predicted octanol–water partition coefficient (Wildman–Crippen LogP) is 2.98. The van der Waals surface area contributed by atoms with Crippen LogP contribution in [-0.4, -0.2) is 29.6 Å². The van der Waals surface area contributed by atoms with Crippen LogP contribution in [0.1, 0.15) is 42.5 Å². The molecule has 1 aliphatic carbocycles. The molecule has 0 radical (unpaired) electrons. The second kappa shape index (κ2) is 7.45. The van der Waals surface area contributed by atoms with E-state index in [0.29, 0.717) is 4.47 Å². The predicted molar refractivity (Wildman–Crippen MR) is 81.6 cm³/mol. The molecule has 114 valence electrons. The second-order valence-electron chi connectivity index (χ2n) is 5.11. The molecule has 1 fully saturated rings. The molecule has 1 amide bonds. The average molecular weight is 356 g/mol. The van der Waals surface area contributed by atoms with Gasteiger partial charge in [-0.1, -0.05) is 25.3 Å². The minimum absolute atomic E-state index is 0.0369. The van der Waals surface area contributed by atoms with Gasteiger partial charge in [0.15, 0.2) is 6.61 Å². The van der Waals surface area contributed by atoms with Crippen LogP contribution in [0.2, 0.25) is 0 Å². The van der Waals surface area contributed by atoms with Crippen LogP contribution in [0.5, 0.6) is 5.75 Å². The van der Waals surface area contributed by atoms with Crippen molar-refractivity contribution in [2.75, 3.05) is 6.61 Å². The summed E-state index contributed by atoms with van der Waals surface area (Å²) < 4.78 is 5.91. The highest BCUT2D eigenvalue weighted by molar-refractivity contribution is 9.10. The summed E-state index contributed by atoms with van der Waals surface area (Å²) in [5.41, 5.74) is 0.0369. The van der Waals surface area contributed by atoms with Gasteiger partial charge in [0.2, 0.25) is 0 Å². The molecule has 5 nitrogen and oxygen atoms in total. The van der Waals surface area contributed by atoms with Crippen LogP contribution < -0.4 is 10.1 Å². The highest BCUT2D eigenvalue weighted by atomic mass is 79.9. The van der Waals surface area contributed by atoms with Crippen molar-refractivity contribution in [3.63, 3.8) is 0 Å². The molecule has 1 aromatic rings. The van der Waals surface area contributed by atoms with E-state index < -0.39 is 5.97 Å². The first kappa shape index (κ1) is 15.8. The van der Waals surface area contributed by atoms with Gasteiger partial charge in [0.25, 0.3) is 5.91 Å². The normalized spacial score (nSPS) is 15.5. The molecule has 0 spiro atoms. The fourth-order valence-electron chi connectivity index (χ4n) is 2.48. The van der Waals surface area contributed by atoms with E-state index in [1.54, 1.807) is 12.1 Å². The van der Waals surface area contributed by atoms with E-state index in [-0.39, 0.29) is 29.9 Å². The number of hydrogen-bond acceptors (Lipinski definition) is 3. The number of aromatic carboxylic acids is 1. The van der Waals surface area contributed by atoms with Crippen LogP contribution in [0.4, 0.5) is 0 Å². The molecule has 0 atom stereocenters. The molecule has 1 aliphatic rings. The van der Waals surface area contributed by atoms with Crippen molar-refractivity contribution in [3.05, 3.63) is 28.2 Å². The number of nitrogens with one attached hydrogen (secondary N) is 1. The summed E-state index contributed by atoms with van der Waals surface area (Å²) in [6, 6.07) is 4.96. The molecule has 0 saturated heterocycles. The smallest absolute Gasteiger partial charge is 0.339 e. The van der Waals surface area contributed by atoms with Crippen molar-refractivity contribution in [3.8, 4) is 5.75 Å². The number of amides is 1. The van der Waals surface area contributed by atoms with Crippen LogP contribution in [0, 0.1) is 0 Å². The maximum Gasteiger partial charge on any atom is 0.339 e. The Labute approximate surface area is 131 Å². The Morgan fingerprint density at radius 3 is 2.67 bits per heavy atom. The summed E-state index contributed by atoms with van der Waals surface area (Å²) in [4.78, 5) is 23.0. The fourth-order valence-corrected chi connectivity index (χ4v) is 2.96. The Morgan fingerprint density at radius 1 is 1.29 bits per heavy atom. The molecule has 2 N–H and O–H groups in total. The van der Waals surface area contributed by atoms with E-state index in [1.807, 2.05) is 0 Å². The lowest BCUT2D eigenvalue weighted by molar-refractivity contribution is -0.124. The number of rotatable bonds is 5. The average Bonchev–Trinajstić information content (AvgIpc) is 2.46. The molecule has 0 heterocycles. The summed E-state index contributed by atoms with van der Waals surface area (Å²) in [6.45, 7) is -0.181. The number of carboxylic acid groups (broad SMARTS) is 1. The van der Waals surface area contributed by atoms with Gasteiger partial charge >= 0.3 is 5.97 Å². The van der Waals surface area contributed by atoms with Gasteiger partial charge in [0.1, 0.15) is 11.3 Å². The van der Waals surface area contributed by atoms with E-state index in [4.69, 9.17) is 9.84 Å². The molecular weight excluding hydrogens is 338 g/mol. The minimum atomic E-state index is -1.08. The Bertz CT molecular complexity index is 526. The number of carbonyl (C=O) groups excluding carboxylic acids is 1. The van der Waals surface area contributed by atoms with Crippen molar-refractivity contribution >= 4 is 27.8 Å². The number of carboxylic acids is 1. The minimum Gasteiger partial charge on any atom is -0.482 e. The first-order valence-corrected chi connectivity index (χ1v) is 7.81. The Balaban J connectivity index is 1.93. The van der Waals surface area contributed by atoms with Gasteiger partial charge in [-0.25, -0.2) is 4.79 Å². The Morgan fingerprint density at radius 2 is 2.00 bits per heavy atom. The lowest BCUT2D eigenvalue weighted by Crippen LogP contribution is -2.39. The molecular formula is C15H18BrNO4. The third-order valence-electron chi connectivity index (χ3n) is 3.52. The molecule has 6 heteroatoms. The van der Waals surface area contributed by atoms with Crippen LogP contribution >= 0.6 is 15.9 Å². The van der Waals surface area contributed by atoms with Crippen LogP contribution in [0.3, 0.4) is 0 Å². The second-order valence-corrected chi connectivity index (χ2v) is 5.97. The van der Waals surface area contributed by atoms with E-state index >= 15 is 0 Å². The van der Waals surface area contributed by atoms with Crippen molar-refractivity contribution in [1.82, 2.24) is 5.32 Å². The Hall–Kier alpha value is -1.56. The van der Waals surface area contributed by atoms with Crippen LogP contribution in [0.15, 0.2) is 22.7 Å². The largest absolute Gasteiger partial charge is 0.482 e. The molecule has 0 aliphatic heterocycles. The number of ether oxygens (including phenoxy) is 1. The van der Waals surface area contributed by atoms with Crippen molar-refractivity contribution in [2.24, 2.45) is 0 Å². The van der Waals surface area contributed by atoms with Crippen LogP contribution in [0.25, 0.3) is 0 Å². The van der Waals surface area contributed by atoms with Gasteiger partial charge in [-0.2, -0.15) is 0 Å². The summed E-state index contributed by atoms with van der Waals surface area (Å²) in [6.07, 6.45) is 5.50. The van der Waals surface area contributed by atoms with Crippen molar-refractivity contribution in [2.45, 2.75) is 38.1 Å². The number of para-hydroxylation sites is 1. The molecule has 21 heavy (non-hydrogen) atoms. The molecule has 0 bridgehead atoms. The zero-order valence-corrected chi connectivity index (χ0v) is 13.2. The van der Waals surface area contributed by atoms with E-state index in [9.17, 15) is 9.59 Å². The summed E-state index contributed by atoms with van der Waals surface area (Å²) in [5.74, 6) is -1.11. The lowest BCUT2D eigenvalue weighted by Gasteiger charge is -2.22. The number of carbonyl (C=O) groups is 2. The van der Waals surface area contributed by atoms with Gasteiger partial charge in [-0.3, -0.25) is 4.79 Å². The first-order valence-electron chi connectivity index (χ1n) is 7.02. The third-order valence-corrected chi connectivity index (χ3v) is 4.14. The van der Waals surface area contributed by atoms with Gasteiger partial charge < -0.3 is 15.2 Å². The van der Waals surface area contributed by atoms with Gasteiger partial charge in [-0.05, 0) is 40.9 Å². The van der Waals surface area contributed by atoms with Gasteiger partial charge in [0.05, 0.1) is 4.47 Å². The standard InChI is InChI=1S/C15H18BrNO4/c16-12-8-4-7-11(15(19)20)14(12)21-9-13(18)17-10-5-2-1-3-6-10/h4,7-8,10H,1-3,5-6,9H2,(H,17,18)(H,19,20). The van der Waals surface area contributed by atoms with Crippen molar-refractivity contribution < 1.29 is 19.4 Å². The Kier molecular flexibility index (Phi) is 5.61. The van der Waals surface area contributed by atoms with Gasteiger partial charge in [-0.15, -0.1) is 0 Å². The summed E-state index contributed by atoms with van der Waals surface area (Å²) in [7, 11) is 0. The molecule has 0 unspecified atom stereocenters. The molecule has 1 saturated carbocycles. The summed E-state index contributed by atoms with van der Waals surface area (Å²) >= 11 is 3.24. The highest BCUT2D eigenvalue weighted by Gasteiger charge is 2.18. The third kappa shape index (κ3) is 4.46. The highest BCUT2D eigenvalue weighted by Crippen LogP contribution is 2.29. The number of halogens is 1. The van der Waals surface area contributed by atoms with Crippen molar-refractivity contribution in [1.29, 1.82) is 0 Å². The van der Waals surface area contributed by atoms with Crippen LogP contribution in [-0.2, 0) is 4.79 Å². The summed E-state index contributed by atoms with van der Waals surface area (Å²) in [5, 5.41) is 12.0.